The first kappa shape index (κ1) is 20.3. The number of ether oxygens (including phenoxy) is 4. The maximum Gasteiger partial charge on any atom is 0.338 e. The van der Waals surface area contributed by atoms with Crippen LogP contribution in [0.4, 0.5) is 5.69 Å². The van der Waals surface area contributed by atoms with Gasteiger partial charge in [-0.2, -0.15) is 0 Å². The van der Waals surface area contributed by atoms with E-state index in [9.17, 15) is 9.59 Å². The minimum absolute atomic E-state index is 0.177. The molecule has 0 saturated carbocycles. The predicted molar refractivity (Wildman–Crippen MR) is 100 cm³/mol. The summed E-state index contributed by atoms with van der Waals surface area (Å²) >= 11 is 0. The Balaban J connectivity index is 1.87. The van der Waals surface area contributed by atoms with Gasteiger partial charge in [0, 0.05) is 12.3 Å². The molecule has 0 atom stereocenters. The van der Waals surface area contributed by atoms with Gasteiger partial charge in [0.2, 0.25) is 0 Å². The van der Waals surface area contributed by atoms with Crippen molar-refractivity contribution < 1.29 is 28.5 Å². The summed E-state index contributed by atoms with van der Waals surface area (Å²) in [5.74, 6) is 0.183. The number of para-hydroxylation sites is 2. The molecule has 0 aromatic heterocycles. The fraction of sp³-hybridized carbons (Fsp3) is 0.300. The maximum absolute atomic E-state index is 12.1. The Morgan fingerprint density at radius 2 is 1.78 bits per heavy atom. The Bertz CT molecular complexity index is 762. The quantitative estimate of drug-likeness (QED) is 0.509. The molecule has 0 fully saturated rings. The second kappa shape index (κ2) is 10.8. The van der Waals surface area contributed by atoms with Crippen LogP contribution in [0.2, 0.25) is 0 Å². The van der Waals surface area contributed by atoms with Crippen molar-refractivity contribution in [3.05, 3.63) is 54.1 Å². The third-order valence-electron chi connectivity index (χ3n) is 3.47. The van der Waals surface area contributed by atoms with E-state index < -0.39 is 5.97 Å². The molecule has 1 amide bonds. The predicted octanol–water partition coefficient (Wildman–Crippen LogP) is 2.91. The van der Waals surface area contributed by atoms with Gasteiger partial charge in [0.05, 0.1) is 19.3 Å². The highest BCUT2D eigenvalue weighted by Crippen LogP contribution is 2.25. The molecular weight excluding hydrogens is 350 g/mol. The van der Waals surface area contributed by atoms with E-state index in [4.69, 9.17) is 18.9 Å². The number of nitrogens with one attached hydrogen (secondary N) is 1. The van der Waals surface area contributed by atoms with Gasteiger partial charge in [-0.25, -0.2) is 4.79 Å². The number of hydrogen-bond donors (Lipinski definition) is 1. The number of methoxy groups -OCH3 is 1. The normalized spacial score (nSPS) is 10.1. The zero-order valence-corrected chi connectivity index (χ0v) is 15.4. The molecule has 0 heterocycles. The summed E-state index contributed by atoms with van der Waals surface area (Å²) in [5, 5.41) is 2.68. The van der Waals surface area contributed by atoms with Crippen LogP contribution in [-0.4, -0.2) is 45.4 Å². The van der Waals surface area contributed by atoms with Gasteiger partial charge >= 0.3 is 5.97 Å². The Labute approximate surface area is 158 Å². The van der Waals surface area contributed by atoms with Crippen molar-refractivity contribution in [2.45, 2.75) is 6.92 Å². The van der Waals surface area contributed by atoms with Gasteiger partial charge in [-0.05, 0) is 37.3 Å². The summed E-state index contributed by atoms with van der Waals surface area (Å²) in [7, 11) is 1.53. The van der Waals surface area contributed by atoms with Gasteiger partial charge in [-0.15, -0.1) is 0 Å². The number of esters is 1. The molecule has 0 radical (unpaired) electrons. The van der Waals surface area contributed by atoms with E-state index in [0.717, 1.165) is 0 Å². The highest BCUT2D eigenvalue weighted by Gasteiger charge is 2.10. The molecule has 0 spiro atoms. The van der Waals surface area contributed by atoms with Crippen LogP contribution in [0.5, 0.6) is 11.5 Å². The largest absolute Gasteiger partial charge is 0.493 e. The van der Waals surface area contributed by atoms with Crippen molar-refractivity contribution in [3.63, 3.8) is 0 Å². The van der Waals surface area contributed by atoms with Crippen molar-refractivity contribution in [1.82, 2.24) is 0 Å². The average molecular weight is 373 g/mol. The van der Waals surface area contributed by atoms with E-state index in [1.165, 1.54) is 7.11 Å². The monoisotopic (exact) mass is 373 g/mol. The second-order valence-corrected chi connectivity index (χ2v) is 5.40. The van der Waals surface area contributed by atoms with Crippen LogP contribution in [0.25, 0.3) is 0 Å². The minimum Gasteiger partial charge on any atom is -0.493 e. The summed E-state index contributed by atoms with van der Waals surface area (Å²) in [6, 6.07) is 13.6. The highest BCUT2D eigenvalue weighted by molar-refractivity contribution is 5.95. The lowest BCUT2D eigenvalue weighted by atomic mass is 10.2. The topological polar surface area (TPSA) is 83.1 Å². The van der Waals surface area contributed by atoms with Crippen molar-refractivity contribution in [3.8, 4) is 11.5 Å². The molecular formula is C20H23NO6. The van der Waals surface area contributed by atoms with Crippen molar-refractivity contribution in [2.75, 3.05) is 38.9 Å². The van der Waals surface area contributed by atoms with Crippen LogP contribution in [0, 0.1) is 0 Å². The Morgan fingerprint density at radius 1 is 1.00 bits per heavy atom. The van der Waals surface area contributed by atoms with E-state index >= 15 is 0 Å². The van der Waals surface area contributed by atoms with Crippen molar-refractivity contribution in [2.24, 2.45) is 0 Å². The molecule has 0 aliphatic carbocycles. The van der Waals surface area contributed by atoms with Gasteiger partial charge in [0.25, 0.3) is 5.91 Å². The summed E-state index contributed by atoms with van der Waals surface area (Å²) in [4.78, 5) is 24.1. The van der Waals surface area contributed by atoms with Gasteiger partial charge in [0.15, 0.2) is 18.1 Å². The first-order chi connectivity index (χ1) is 13.1. The zero-order chi connectivity index (χ0) is 19.5. The van der Waals surface area contributed by atoms with E-state index in [0.29, 0.717) is 36.0 Å². The highest BCUT2D eigenvalue weighted by atomic mass is 16.6. The molecule has 7 nitrogen and oxygen atoms in total. The van der Waals surface area contributed by atoms with Gasteiger partial charge in [0.1, 0.15) is 6.61 Å². The molecule has 0 saturated heterocycles. The number of benzene rings is 2. The molecule has 2 aromatic rings. The number of amides is 1. The second-order valence-electron chi connectivity index (χ2n) is 5.40. The third-order valence-corrected chi connectivity index (χ3v) is 3.47. The molecule has 7 heteroatoms. The van der Waals surface area contributed by atoms with E-state index in [-0.39, 0.29) is 19.1 Å². The van der Waals surface area contributed by atoms with Crippen LogP contribution in [-0.2, 0) is 14.3 Å². The Kier molecular flexibility index (Phi) is 8.12. The number of carbonyl (C=O) groups is 2. The Morgan fingerprint density at radius 3 is 2.52 bits per heavy atom. The summed E-state index contributed by atoms with van der Waals surface area (Å²) in [5.41, 5.74) is 0.817. The number of rotatable bonds is 10. The van der Waals surface area contributed by atoms with Crippen LogP contribution < -0.4 is 14.8 Å². The van der Waals surface area contributed by atoms with Crippen molar-refractivity contribution >= 4 is 17.6 Å². The fourth-order valence-corrected chi connectivity index (χ4v) is 2.22. The van der Waals surface area contributed by atoms with Gasteiger partial charge < -0.3 is 24.3 Å². The first-order valence-electron chi connectivity index (χ1n) is 8.54. The lowest BCUT2D eigenvalue weighted by Crippen LogP contribution is -2.20. The smallest absolute Gasteiger partial charge is 0.338 e. The zero-order valence-electron chi connectivity index (χ0n) is 15.4. The van der Waals surface area contributed by atoms with Crippen LogP contribution in [0.15, 0.2) is 48.5 Å². The standard InChI is InChI=1S/C20H23NO6/c1-3-25-11-12-26-20(23)15-7-6-8-16(13-15)21-19(22)14-27-18-10-5-4-9-17(18)24-2/h4-10,13H,3,11-12,14H2,1-2H3,(H,21,22). The van der Waals surface area contributed by atoms with Crippen LogP contribution in [0.3, 0.4) is 0 Å². The van der Waals surface area contributed by atoms with E-state index in [1.54, 1.807) is 42.5 Å². The average Bonchev–Trinajstić information content (AvgIpc) is 2.70. The molecule has 0 aliphatic rings. The van der Waals surface area contributed by atoms with Gasteiger partial charge in [-0.3, -0.25) is 4.79 Å². The minimum atomic E-state index is -0.476. The number of carbonyl (C=O) groups excluding carboxylic acids is 2. The lowest BCUT2D eigenvalue weighted by Gasteiger charge is -2.11. The van der Waals surface area contributed by atoms with E-state index in [2.05, 4.69) is 5.32 Å². The van der Waals surface area contributed by atoms with E-state index in [1.807, 2.05) is 13.0 Å². The SMILES string of the molecule is CCOCCOC(=O)c1cccc(NC(=O)COc2ccccc2OC)c1. The molecule has 0 bridgehead atoms. The first-order valence-corrected chi connectivity index (χ1v) is 8.54. The summed E-state index contributed by atoms with van der Waals surface area (Å²) in [6.45, 7) is 2.76. The molecule has 2 aromatic carbocycles. The molecule has 1 N–H and O–H groups in total. The fourth-order valence-electron chi connectivity index (χ4n) is 2.22. The summed E-state index contributed by atoms with van der Waals surface area (Å²) < 4.78 is 20.9. The van der Waals surface area contributed by atoms with Crippen LogP contribution in [0.1, 0.15) is 17.3 Å². The number of anilines is 1. The van der Waals surface area contributed by atoms with Gasteiger partial charge in [-0.1, -0.05) is 18.2 Å². The molecule has 27 heavy (non-hydrogen) atoms. The molecule has 0 unspecified atom stereocenters. The number of hydrogen-bond acceptors (Lipinski definition) is 6. The summed E-state index contributed by atoms with van der Waals surface area (Å²) in [6.07, 6.45) is 0. The third kappa shape index (κ3) is 6.63. The molecule has 144 valence electrons. The molecule has 0 aliphatic heterocycles. The van der Waals surface area contributed by atoms with Crippen LogP contribution >= 0.6 is 0 Å². The Hall–Kier alpha value is -3.06. The lowest BCUT2D eigenvalue weighted by molar-refractivity contribution is -0.118. The van der Waals surface area contributed by atoms with Crippen molar-refractivity contribution in [1.29, 1.82) is 0 Å². The molecule has 2 rings (SSSR count). The maximum atomic E-state index is 12.1.